The smallest absolute Gasteiger partial charge is 0.322 e. The van der Waals surface area contributed by atoms with Crippen molar-refractivity contribution in [3.8, 4) is 0 Å². The van der Waals surface area contributed by atoms with Crippen LogP contribution in [0.4, 0.5) is 6.01 Å². The van der Waals surface area contributed by atoms with Gasteiger partial charge in [-0.1, -0.05) is 18.9 Å². The highest BCUT2D eigenvalue weighted by atomic mass is 16.4. The minimum Gasteiger partial charge on any atom is -0.481 e. The number of nitrogens with one attached hydrogen (secondary N) is 1. The Hall–Kier alpha value is -1.96. The molecule has 0 aliphatic carbocycles. The molecule has 0 saturated heterocycles. The van der Waals surface area contributed by atoms with E-state index in [2.05, 4.69) is 15.5 Å². The fourth-order valence-electron chi connectivity index (χ4n) is 1.29. The lowest BCUT2D eigenvalue weighted by atomic mass is 10.2. The van der Waals surface area contributed by atoms with Crippen LogP contribution in [0.15, 0.2) is 4.42 Å². The molecule has 0 fully saturated rings. The number of aromatic nitrogens is 2. The van der Waals surface area contributed by atoms with Crippen molar-refractivity contribution in [1.29, 1.82) is 0 Å². The third-order valence-electron chi connectivity index (χ3n) is 2.30. The summed E-state index contributed by atoms with van der Waals surface area (Å²) in [7, 11) is 1.66. The third kappa shape index (κ3) is 5.47. The summed E-state index contributed by atoms with van der Waals surface area (Å²) in [6.07, 6.45) is -0.0121. The van der Waals surface area contributed by atoms with Gasteiger partial charge in [0.25, 0.3) is 0 Å². The van der Waals surface area contributed by atoms with Crippen LogP contribution in [0.25, 0.3) is 0 Å². The van der Waals surface area contributed by atoms with Crippen LogP contribution in [-0.4, -0.2) is 52.2 Å². The van der Waals surface area contributed by atoms with E-state index in [1.807, 2.05) is 13.8 Å². The van der Waals surface area contributed by atoms with Crippen LogP contribution in [-0.2, 0) is 9.59 Å². The summed E-state index contributed by atoms with van der Waals surface area (Å²) < 4.78 is 5.23. The molecule has 1 aromatic rings. The zero-order valence-electron chi connectivity index (χ0n) is 11.2. The first-order valence-corrected chi connectivity index (χ1v) is 5.92. The van der Waals surface area contributed by atoms with Gasteiger partial charge in [-0.05, 0) is 7.05 Å². The normalized spacial score (nSPS) is 11.0. The van der Waals surface area contributed by atoms with Crippen molar-refractivity contribution in [2.75, 3.05) is 25.5 Å². The summed E-state index contributed by atoms with van der Waals surface area (Å²) in [6, 6.07) is 0.0559. The summed E-state index contributed by atoms with van der Waals surface area (Å²) in [5.41, 5.74) is 0. The fraction of sp³-hybridized carbons (Fsp3) is 0.636. The van der Waals surface area contributed by atoms with Crippen molar-refractivity contribution in [2.45, 2.75) is 26.2 Å². The van der Waals surface area contributed by atoms with Crippen LogP contribution in [0.1, 0.15) is 32.1 Å². The molecule has 2 N–H and O–H groups in total. The van der Waals surface area contributed by atoms with Crippen molar-refractivity contribution in [1.82, 2.24) is 15.1 Å². The monoisotopic (exact) mass is 270 g/mol. The molecule has 8 nitrogen and oxygen atoms in total. The van der Waals surface area contributed by atoms with E-state index in [0.717, 1.165) is 0 Å². The van der Waals surface area contributed by atoms with Gasteiger partial charge in [-0.25, -0.2) is 0 Å². The molecule has 0 bridgehead atoms. The Morgan fingerprint density at radius 2 is 2.11 bits per heavy atom. The molecule has 0 aliphatic rings. The van der Waals surface area contributed by atoms with Gasteiger partial charge in [-0.15, -0.1) is 5.10 Å². The number of likely N-dealkylation sites (N-methyl/N-ethyl adjacent to an activating group) is 1. The van der Waals surface area contributed by atoms with Crippen LogP contribution < -0.4 is 5.32 Å². The number of hydrogen-bond acceptors (Lipinski definition) is 6. The molecule has 106 valence electrons. The van der Waals surface area contributed by atoms with Crippen LogP contribution in [0, 0.1) is 0 Å². The molecule has 0 radical (unpaired) electrons. The Labute approximate surface area is 110 Å². The number of aliphatic carboxylic acids is 1. The number of carboxylic acid groups (broad SMARTS) is 1. The maximum Gasteiger partial charge on any atom is 0.322 e. The lowest BCUT2D eigenvalue weighted by Crippen LogP contribution is -2.31. The van der Waals surface area contributed by atoms with Crippen molar-refractivity contribution in [3.05, 3.63) is 5.89 Å². The van der Waals surface area contributed by atoms with Crippen molar-refractivity contribution in [2.24, 2.45) is 0 Å². The summed E-state index contributed by atoms with van der Waals surface area (Å²) in [5, 5.41) is 18.5. The molecule has 1 rings (SSSR count). The maximum atomic E-state index is 11.6. The van der Waals surface area contributed by atoms with Gasteiger partial charge in [-0.2, -0.15) is 0 Å². The van der Waals surface area contributed by atoms with Gasteiger partial charge in [0.05, 0.1) is 13.0 Å². The number of nitrogens with zero attached hydrogens (tertiary/aromatic N) is 3. The van der Waals surface area contributed by atoms with Crippen molar-refractivity contribution < 1.29 is 19.1 Å². The highest BCUT2D eigenvalue weighted by molar-refractivity contribution is 5.90. The SMILES string of the molecule is CC(C)c1nnc(NC(=O)CN(C)CCC(=O)O)o1. The van der Waals surface area contributed by atoms with Crippen LogP contribution in [0.3, 0.4) is 0 Å². The molecular weight excluding hydrogens is 252 g/mol. The second kappa shape index (κ2) is 6.83. The molecule has 0 aromatic carbocycles. The second-order valence-corrected chi connectivity index (χ2v) is 4.53. The van der Waals surface area contributed by atoms with E-state index in [1.165, 1.54) is 0 Å². The third-order valence-corrected chi connectivity index (χ3v) is 2.30. The first-order chi connectivity index (χ1) is 8.88. The highest BCUT2D eigenvalue weighted by Gasteiger charge is 2.13. The van der Waals surface area contributed by atoms with E-state index in [9.17, 15) is 9.59 Å². The number of carboxylic acids is 1. The summed E-state index contributed by atoms with van der Waals surface area (Å²) >= 11 is 0. The number of carbonyl (C=O) groups is 2. The number of carbonyl (C=O) groups excluding carboxylic acids is 1. The van der Waals surface area contributed by atoms with Gasteiger partial charge in [0.15, 0.2) is 0 Å². The second-order valence-electron chi connectivity index (χ2n) is 4.53. The van der Waals surface area contributed by atoms with Crippen LogP contribution in [0.5, 0.6) is 0 Å². The number of anilines is 1. The van der Waals surface area contributed by atoms with Gasteiger partial charge in [0, 0.05) is 12.5 Å². The lowest BCUT2D eigenvalue weighted by Gasteiger charge is -2.13. The zero-order chi connectivity index (χ0) is 14.4. The quantitative estimate of drug-likeness (QED) is 0.744. The minimum atomic E-state index is -0.897. The molecule has 1 heterocycles. The number of hydrogen-bond donors (Lipinski definition) is 2. The molecule has 0 unspecified atom stereocenters. The largest absolute Gasteiger partial charge is 0.481 e. The Kier molecular flexibility index (Phi) is 5.43. The predicted octanol–water partition coefficient (Wildman–Crippen LogP) is 0.538. The topological polar surface area (TPSA) is 109 Å². The van der Waals surface area contributed by atoms with E-state index in [4.69, 9.17) is 9.52 Å². The molecule has 1 amide bonds. The van der Waals surface area contributed by atoms with Crippen molar-refractivity contribution >= 4 is 17.9 Å². The van der Waals surface area contributed by atoms with Crippen molar-refractivity contribution in [3.63, 3.8) is 0 Å². The Morgan fingerprint density at radius 3 is 2.63 bits per heavy atom. The minimum absolute atomic E-state index is 0.0121. The summed E-state index contributed by atoms with van der Waals surface area (Å²) in [5.74, 6) is -0.677. The molecule has 0 spiro atoms. The number of rotatable bonds is 7. The summed E-state index contributed by atoms with van der Waals surface area (Å²) in [6.45, 7) is 4.16. The Bertz CT molecular complexity index is 444. The van der Waals surface area contributed by atoms with Crippen LogP contribution in [0.2, 0.25) is 0 Å². The van der Waals surface area contributed by atoms with E-state index in [0.29, 0.717) is 12.4 Å². The van der Waals surface area contributed by atoms with E-state index < -0.39 is 5.97 Å². The molecule has 19 heavy (non-hydrogen) atoms. The van der Waals surface area contributed by atoms with Crippen LogP contribution >= 0.6 is 0 Å². The highest BCUT2D eigenvalue weighted by Crippen LogP contribution is 2.14. The molecule has 8 heteroatoms. The van der Waals surface area contributed by atoms with Gasteiger partial charge in [-0.3, -0.25) is 19.8 Å². The Morgan fingerprint density at radius 1 is 1.42 bits per heavy atom. The Balaban J connectivity index is 2.39. The molecule has 0 aliphatic heterocycles. The first kappa shape index (κ1) is 15.1. The van der Waals surface area contributed by atoms with Gasteiger partial charge >= 0.3 is 12.0 Å². The fourth-order valence-corrected chi connectivity index (χ4v) is 1.29. The average molecular weight is 270 g/mol. The molecule has 1 aromatic heterocycles. The predicted molar refractivity (Wildman–Crippen MR) is 66.8 cm³/mol. The van der Waals surface area contributed by atoms with E-state index in [1.54, 1.807) is 11.9 Å². The van der Waals surface area contributed by atoms with Gasteiger partial charge in [0.1, 0.15) is 0 Å². The van der Waals surface area contributed by atoms with E-state index >= 15 is 0 Å². The lowest BCUT2D eigenvalue weighted by molar-refractivity contribution is -0.137. The van der Waals surface area contributed by atoms with Gasteiger partial charge in [0.2, 0.25) is 11.8 Å². The summed E-state index contributed by atoms with van der Waals surface area (Å²) in [4.78, 5) is 23.6. The average Bonchev–Trinajstić information content (AvgIpc) is 2.74. The molecule has 0 atom stereocenters. The molecular formula is C11H18N4O4. The number of amides is 1. The first-order valence-electron chi connectivity index (χ1n) is 5.92. The van der Waals surface area contributed by atoms with E-state index in [-0.39, 0.29) is 30.8 Å². The molecule has 0 saturated carbocycles. The van der Waals surface area contributed by atoms with Gasteiger partial charge < -0.3 is 9.52 Å². The zero-order valence-corrected chi connectivity index (χ0v) is 11.2. The maximum absolute atomic E-state index is 11.6. The standard InChI is InChI=1S/C11H18N4O4/c1-7(2)10-13-14-11(19-10)12-8(16)6-15(3)5-4-9(17)18/h7H,4-6H2,1-3H3,(H,17,18)(H,12,14,16).